The maximum Gasteiger partial charge on any atom is 0.223 e. The number of rotatable bonds is 7. The highest BCUT2D eigenvalue weighted by molar-refractivity contribution is 5.78. The average molecular weight is 455 g/mol. The Kier molecular flexibility index (Phi) is 7.94. The van der Waals surface area contributed by atoms with Crippen molar-refractivity contribution in [3.63, 3.8) is 0 Å². The van der Waals surface area contributed by atoms with Crippen LogP contribution in [-0.2, 0) is 20.7 Å². The van der Waals surface area contributed by atoms with Gasteiger partial charge in [-0.2, -0.15) is 0 Å². The lowest BCUT2D eigenvalue weighted by Gasteiger charge is -2.39. The molecule has 2 atom stereocenters. The highest BCUT2D eigenvalue weighted by Crippen LogP contribution is 2.27. The first-order valence-corrected chi connectivity index (χ1v) is 11.7. The van der Waals surface area contributed by atoms with Gasteiger partial charge in [0.25, 0.3) is 0 Å². The van der Waals surface area contributed by atoms with E-state index in [1.165, 1.54) is 12.1 Å². The molecule has 0 spiro atoms. The van der Waals surface area contributed by atoms with Gasteiger partial charge in [0, 0.05) is 51.4 Å². The maximum atomic E-state index is 13.1. The monoisotopic (exact) mass is 454 g/mol. The van der Waals surface area contributed by atoms with Crippen molar-refractivity contribution in [1.82, 2.24) is 9.80 Å². The molecule has 0 aliphatic carbocycles. The molecule has 176 valence electrons. The minimum Gasteiger partial charge on any atom is -0.490 e. The zero-order chi connectivity index (χ0) is 23.0. The largest absolute Gasteiger partial charge is 0.490 e. The zero-order valence-corrected chi connectivity index (χ0v) is 18.8. The van der Waals surface area contributed by atoms with Crippen molar-refractivity contribution in [3.8, 4) is 5.75 Å². The SMILES string of the molecule is O=C(C[C@H]1CN(C(=O)CCc2ccc(F)cc2)CC[C@@H]1Oc1ccccc1)N1CCOCC1. The summed E-state index contributed by atoms with van der Waals surface area (Å²) in [5.74, 6) is 0.566. The molecule has 2 aromatic rings. The van der Waals surface area contributed by atoms with Gasteiger partial charge in [-0.1, -0.05) is 30.3 Å². The molecule has 0 unspecified atom stereocenters. The van der Waals surface area contributed by atoms with E-state index in [9.17, 15) is 14.0 Å². The zero-order valence-electron chi connectivity index (χ0n) is 18.8. The second-order valence-electron chi connectivity index (χ2n) is 8.68. The number of amides is 2. The fourth-order valence-electron chi connectivity index (χ4n) is 4.49. The van der Waals surface area contributed by atoms with Crippen molar-refractivity contribution < 1.29 is 23.5 Å². The number of piperidine rings is 1. The van der Waals surface area contributed by atoms with E-state index in [-0.39, 0.29) is 29.7 Å². The maximum absolute atomic E-state index is 13.1. The van der Waals surface area contributed by atoms with E-state index >= 15 is 0 Å². The Labute approximate surface area is 194 Å². The van der Waals surface area contributed by atoms with Crippen LogP contribution in [0, 0.1) is 11.7 Å². The summed E-state index contributed by atoms with van der Waals surface area (Å²) in [4.78, 5) is 29.6. The Morgan fingerprint density at radius 3 is 2.39 bits per heavy atom. The van der Waals surface area contributed by atoms with E-state index in [0.29, 0.717) is 65.1 Å². The van der Waals surface area contributed by atoms with Crippen LogP contribution in [0.1, 0.15) is 24.8 Å². The first-order chi connectivity index (χ1) is 16.1. The molecule has 0 saturated carbocycles. The quantitative estimate of drug-likeness (QED) is 0.644. The van der Waals surface area contributed by atoms with Gasteiger partial charge in [-0.25, -0.2) is 4.39 Å². The molecule has 2 saturated heterocycles. The molecule has 2 fully saturated rings. The Morgan fingerprint density at radius 2 is 1.67 bits per heavy atom. The van der Waals surface area contributed by atoms with Gasteiger partial charge >= 0.3 is 0 Å². The van der Waals surface area contributed by atoms with E-state index in [4.69, 9.17) is 9.47 Å². The van der Waals surface area contributed by atoms with E-state index in [1.54, 1.807) is 12.1 Å². The van der Waals surface area contributed by atoms with E-state index in [0.717, 1.165) is 11.3 Å². The molecular weight excluding hydrogens is 423 g/mol. The number of halogens is 1. The van der Waals surface area contributed by atoms with E-state index in [2.05, 4.69) is 0 Å². The summed E-state index contributed by atoms with van der Waals surface area (Å²) in [6, 6.07) is 15.9. The third-order valence-electron chi connectivity index (χ3n) is 6.39. The van der Waals surface area contributed by atoms with Crippen LogP contribution < -0.4 is 4.74 Å². The van der Waals surface area contributed by atoms with E-state index in [1.807, 2.05) is 40.1 Å². The van der Waals surface area contributed by atoms with Gasteiger partial charge in [0.05, 0.1) is 13.2 Å². The topological polar surface area (TPSA) is 59.1 Å². The molecule has 33 heavy (non-hydrogen) atoms. The summed E-state index contributed by atoms with van der Waals surface area (Å²) >= 11 is 0. The van der Waals surface area contributed by atoms with Crippen LogP contribution in [0.4, 0.5) is 4.39 Å². The molecule has 6 nitrogen and oxygen atoms in total. The van der Waals surface area contributed by atoms with Crippen molar-refractivity contribution in [3.05, 3.63) is 66.0 Å². The molecular formula is C26H31FN2O4. The number of ether oxygens (including phenoxy) is 2. The molecule has 2 aliphatic rings. The van der Waals surface area contributed by atoms with Gasteiger partial charge in [-0.3, -0.25) is 9.59 Å². The van der Waals surface area contributed by atoms with Crippen molar-refractivity contribution in [2.24, 2.45) is 5.92 Å². The van der Waals surface area contributed by atoms with Gasteiger partial charge in [-0.05, 0) is 36.2 Å². The number of morpholine rings is 1. The molecule has 4 rings (SSSR count). The Balaban J connectivity index is 1.39. The van der Waals surface area contributed by atoms with Gasteiger partial charge in [0.15, 0.2) is 0 Å². The molecule has 0 bridgehead atoms. The summed E-state index contributed by atoms with van der Waals surface area (Å²) in [5, 5.41) is 0. The number of hydrogen-bond donors (Lipinski definition) is 0. The summed E-state index contributed by atoms with van der Waals surface area (Å²) in [6.45, 7) is 3.44. The van der Waals surface area contributed by atoms with Crippen molar-refractivity contribution >= 4 is 11.8 Å². The molecule has 0 aromatic heterocycles. The minimum absolute atomic E-state index is 0.0568. The predicted molar refractivity (Wildman–Crippen MR) is 122 cm³/mol. The predicted octanol–water partition coefficient (Wildman–Crippen LogP) is 3.30. The average Bonchev–Trinajstić information content (AvgIpc) is 2.85. The number of carbonyl (C=O) groups excluding carboxylic acids is 2. The highest BCUT2D eigenvalue weighted by Gasteiger charge is 2.35. The van der Waals surface area contributed by atoms with Crippen LogP contribution >= 0.6 is 0 Å². The second-order valence-corrected chi connectivity index (χ2v) is 8.68. The summed E-state index contributed by atoms with van der Waals surface area (Å²) in [5.41, 5.74) is 0.936. The normalized spacial score (nSPS) is 21.0. The second kappa shape index (κ2) is 11.3. The number of likely N-dealkylation sites (tertiary alicyclic amines) is 1. The molecule has 7 heteroatoms. The number of nitrogens with zero attached hydrogens (tertiary/aromatic N) is 2. The molecule has 2 aromatic carbocycles. The van der Waals surface area contributed by atoms with Crippen LogP contribution in [0.25, 0.3) is 0 Å². The lowest BCUT2D eigenvalue weighted by atomic mass is 9.90. The van der Waals surface area contributed by atoms with Gasteiger partial charge < -0.3 is 19.3 Å². The van der Waals surface area contributed by atoms with Gasteiger partial charge in [-0.15, -0.1) is 0 Å². The lowest BCUT2D eigenvalue weighted by molar-refractivity contribution is -0.141. The summed E-state index contributed by atoms with van der Waals surface area (Å²) in [6.07, 6.45) is 1.83. The fraction of sp³-hybridized carbons (Fsp3) is 0.462. The number of para-hydroxylation sites is 1. The third kappa shape index (κ3) is 6.54. The first-order valence-electron chi connectivity index (χ1n) is 11.7. The molecule has 0 radical (unpaired) electrons. The number of carbonyl (C=O) groups is 2. The smallest absolute Gasteiger partial charge is 0.223 e. The lowest BCUT2D eigenvalue weighted by Crippen LogP contribution is -2.50. The van der Waals surface area contributed by atoms with Crippen molar-refractivity contribution in [2.45, 2.75) is 31.8 Å². The van der Waals surface area contributed by atoms with E-state index < -0.39 is 0 Å². The van der Waals surface area contributed by atoms with Crippen LogP contribution in [0.3, 0.4) is 0 Å². The first kappa shape index (κ1) is 23.2. The van der Waals surface area contributed by atoms with Crippen LogP contribution in [0.2, 0.25) is 0 Å². The van der Waals surface area contributed by atoms with Crippen molar-refractivity contribution in [2.75, 3.05) is 39.4 Å². The van der Waals surface area contributed by atoms with Crippen LogP contribution in [-0.4, -0.2) is 67.1 Å². The van der Waals surface area contributed by atoms with Gasteiger partial charge in [0.2, 0.25) is 11.8 Å². The van der Waals surface area contributed by atoms with Crippen molar-refractivity contribution in [1.29, 1.82) is 0 Å². The molecule has 0 N–H and O–H groups in total. The summed E-state index contributed by atoms with van der Waals surface area (Å²) < 4.78 is 24.7. The fourth-order valence-corrected chi connectivity index (χ4v) is 4.49. The minimum atomic E-state index is -0.279. The highest BCUT2D eigenvalue weighted by atomic mass is 19.1. The van der Waals surface area contributed by atoms with Crippen LogP contribution in [0.15, 0.2) is 54.6 Å². The number of benzene rings is 2. The third-order valence-corrected chi connectivity index (χ3v) is 6.39. The summed E-state index contributed by atoms with van der Waals surface area (Å²) in [7, 11) is 0. The Hall–Kier alpha value is -2.93. The molecule has 2 heterocycles. The molecule has 2 aliphatic heterocycles. The Morgan fingerprint density at radius 1 is 0.939 bits per heavy atom. The van der Waals surface area contributed by atoms with Gasteiger partial charge in [0.1, 0.15) is 17.7 Å². The molecule has 2 amide bonds. The number of aryl methyl sites for hydroxylation is 1. The standard InChI is InChI=1S/C26H31FN2O4/c27-22-9-6-20(7-10-22)8-11-25(30)29-13-12-24(33-23-4-2-1-3-5-23)21(19-29)18-26(31)28-14-16-32-17-15-28/h1-7,9-10,21,24H,8,11-19H2/t21-,24-/m0/s1. The Bertz CT molecular complexity index is 916. The number of hydrogen-bond acceptors (Lipinski definition) is 4. The van der Waals surface area contributed by atoms with Crippen LogP contribution in [0.5, 0.6) is 5.75 Å².